The van der Waals surface area contributed by atoms with Gasteiger partial charge in [-0.25, -0.2) is 9.78 Å². The minimum Gasteiger partial charge on any atom is -0.467 e. The summed E-state index contributed by atoms with van der Waals surface area (Å²) in [6, 6.07) is 7.62. The molecule has 8 heteroatoms. The largest absolute Gasteiger partial charge is 0.467 e. The molecule has 29 heavy (non-hydrogen) atoms. The third-order valence-electron chi connectivity index (χ3n) is 4.21. The number of carbonyl (C=O) groups excluding carboxylic acids is 3. The van der Waals surface area contributed by atoms with Crippen molar-refractivity contribution in [1.29, 1.82) is 0 Å². The molecule has 0 saturated heterocycles. The highest BCUT2D eigenvalue weighted by atomic mass is 16.5. The molecule has 0 saturated carbocycles. The fourth-order valence-electron chi connectivity index (χ4n) is 2.81. The van der Waals surface area contributed by atoms with Crippen molar-refractivity contribution in [3.05, 3.63) is 60.2 Å². The van der Waals surface area contributed by atoms with E-state index in [1.165, 1.54) is 25.7 Å². The number of amides is 2. The minimum absolute atomic E-state index is 0.114. The molecular formula is C21H26N4O4. The second-order valence-corrected chi connectivity index (χ2v) is 7.02. The quantitative estimate of drug-likeness (QED) is 0.620. The zero-order valence-electron chi connectivity index (χ0n) is 16.8. The summed E-state index contributed by atoms with van der Waals surface area (Å²) in [5.74, 6) is -1.37. The predicted molar refractivity (Wildman–Crippen MR) is 107 cm³/mol. The standard InChI is InChI=1S/C21H26N4O4/c1-14(2)11-16(24-20(27)18-13-22-9-10-23-18)19(26)25-17(21(28)29-3)12-15-7-5-4-6-8-15/h4-10,13-14,16-17H,11-12H2,1-3H3,(H,24,27)(H,25,26)/t16-,17-/m0/s1. The molecule has 0 bridgehead atoms. The van der Waals surface area contributed by atoms with E-state index in [1.807, 2.05) is 44.2 Å². The maximum Gasteiger partial charge on any atom is 0.328 e. The molecule has 1 heterocycles. The maximum absolute atomic E-state index is 12.9. The van der Waals surface area contributed by atoms with E-state index in [4.69, 9.17) is 4.74 Å². The predicted octanol–water partition coefficient (Wildman–Crippen LogP) is 1.52. The molecule has 2 amide bonds. The minimum atomic E-state index is -0.863. The molecule has 2 rings (SSSR count). The molecule has 2 atom stereocenters. The number of hydrogen-bond acceptors (Lipinski definition) is 6. The molecule has 0 aliphatic heterocycles. The number of nitrogens with zero attached hydrogens (tertiary/aromatic N) is 2. The third kappa shape index (κ3) is 6.99. The summed E-state index contributed by atoms with van der Waals surface area (Å²) in [4.78, 5) is 45.3. The van der Waals surface area contributed by atoms with Crippen LogP contribution in [0.3, 0.4) is 0 Å². The summed E-state index contributed by atoms with van der Waals surface area (Å²) in [6.07, 6.45) is 4.87. The fraction of sp³-hybridized carbons (Fsp3) is 0.381. The van der Waals surface area contributed by atoms with E-state index in [2.05, 4.69) is 20.6 Å². The van der Waals surface area contributed by atoms with Gasteiger partial charge in [0.15, 0.2) is 0 Å². The first-order valence-electron chi connectivity index (χ1n) is 9.39. The van der Waals surface area contributed by atoms with Crippen molar-refractivity contribution >= 4 is 17.8 Å². The van der Waals surface area contributed by atoms with Gasteiger partial charge in [0.2, 0.25) is 5.91 Å². The molecule has 0 aliphatic rings. The number of benzene rings is 1. The first-order chi connectivity index (χ1) is 13.9. The maximum atomic E-state index is 12.9. The van der Waals surface area contributed by atoms with Crippen LogP contribution in [0, 0.1) is 5.92 Å². The SMILES string of the molecule is COC(=O)[C@H](Cc1ccccc1)NC(=O)[C@H](CC(C)C)NC(=O)c1cnccn1. The van der Waals surface area contributed by atoms with E-state index in [0.717, 1.165) is 5.56 Å². The Morgan fingerprint density at radius 1 is 1.03 bits per heavy atom. The van der Waals surface area contributed by atoms with E-state index in [9.17, 15) is 14.4 Å². The van der Waals surface area contributed by atoms with Crippen LogP contribution in [-0.2, 0) is 20.7 Å². The number of esters is 1. The van der Waals surface area contributed by atoms with Crippen molar-refractivity contribution in [1.82, 2.24) is 20.6 Å². The molecule has 0 unspecified atom stereocenters. The van der Waals surface area contributed by atoms with Gasteiger partial charge in [-0.2, -0.15) is 0 Å². The van der Waals surface area contributed by atoms with Crippen molar-refractivity contribution in [2.24, 2.45) is 5.92 Å². The molecule has 2 N–H and O–H groups in total. The molecule has 0 radical (unpaired) electrons. The molecule has 0 spiro atoms. The number of nitrogens with one attached hydrogen (secondary N) is 2. The highest BCUT2D eigenvalue weighted by Crippen LogP contribution is 2.09. The van der Waals surface area contributed by atoms with E-state index >= 15 is 0 Å². The molecule has 2 aromatic rings. The number of aromatic nitrogens is 2. The third-order valence-corrected chi connectivity index (χ3v) is 4.21. The van der Waals surface area contributed by atoms with Crippen LogP contribution in [0.4, 0.5) is 0 Å². The summed E-state index contributed by atoms with van der Waals surface area (Å²) in [7, 11) is 1.27. The second-order valence-electron chi connectivity index (χ2n) is 7.02. The van der Waals surface area contributed by atoms with Gasteiger partial charge in [-0.1, -0.05) is 44.2 Å². The topological polar surface area (TPSA) is 110 Å². The van der Waals surface area contributed by atoms with Crippen molar-refractivity contribution in [3.8, 4) is 0 Å². The lowest BCUT2D eigenvalue weighted by Crippen LogP contribution is -2.53. The Bertz CT molecular complexity index is 812. The molecule has 0 fully saturated rings. The second kappa shape index (κ2) is 10.9. The molecule has 1 aromatic heterocycles. The highest BCUT2D eigenvalue weighted by Gasteiger charge is 2.28. The number of carbonyl (C=O) groups is 3. The monoisotopic (exact) mass is 398 g/mol. The van der Waals surface area contributed by atoms with Crippen molar-refractivity contribution < 1.29 is 19.1 Å². The number of methoxy groups -OCH3 is 1. The fourth-order valence-corrected chi connectivity index (χ4v) is 2.81. The summed E-state index contributed by atoms with van der Waals surface area (Å²) in [5.41, 5.74) is 0.995. The van der Waals surface area contributed by atoms with E-state index in [0.29, 0.717) is 6.42 Å². The lowest BCUT2D eigenvalue weighted by Gasteiger charge is -2.23. The Balaban J connectivity index is 2.12. The van der Waals surface area contributed by atoms with Gasteiger partial charge in [0.25, 0.3) is 5.91 Å². The normalized spacial score (nSPS) is 12.7. The van der Waals surface area contributed by atoms with Gasteiger partial charge in [0, 0.05) is 18.8 Å². The Morgan fingerprint density at radius 3 is 2.34 bits per heavy atom. The molecule has 154 valence electrons. The Morgan fingerprint density at radius 2 is 1.76 bits per heavy atom. The molecule has 8 nitrogen and oxygen atoms in total. The van der Waals surface area contributed by atoms with Gasteiger partial charge in [0.05, 0.1) is 13.3 Å². The van der Waals surface area contributed by atoms with Crippen LogP contribution >= 0.6 is 0 Å². The summed E-state index contributed by atoms with van der Waals surface area (Å²) >= 11 is 0. The van der Waals surface area contributed by atoms with Gasteiger partial charge in [-0.3, -0.25) is 14.6 Å². The average molecular weight is 398 g/mol. The smallest absolute Gasteiger partial charge is 0.328 e. The Hall–Kier alpha value is -3.29. The molecular weight excluding hydrogens is 372 g/mol. The van der Waals surface area contributed by atoms with Crippen LogP contribution in [-0.4, -0.2) is 46.9 Å². The van der Waals surface area contributed by atoms with Crippen LogP contribution in [0.15, 0.2) is 48.9 Å². The van der Waals surface area contributed by atoms with E-state index in [1.54, 1.807) is 0 Å². The number of hydrogen-bond donors (Lipinski definition) is 2. The zero-order valence-corrected chi connectivity index (χ0v) is 16.8. The van der Waals surface area contributed by atoms with Gasteiger partial charge in [0.1, 0.15) is 17.8 Å². The van der Waals surface area contributed by atoms with E-state index in [-0.39, 0.29) is 18.0 Å². The summed E-state index contributed by atoms with van der Waals surface area (Å²) in [5, 5.41) is 5.40. The van der Waals surface area contributed by atoms with Crippen LogP contribution in [0.5, 0.6) is 0 Å². The number of ether oxygens (including phenoxy) is 1. The van der Waals surface area contributed by atoms with Gasteiger partial charge in [-0.15, -0.1) is 0 Å². The molecule has 0 aliphatic carbocycles. The van der Waals surface area contributed by atoms with Crippen molar-refractivity contribution in [2.45, 2.75) is 38.8 Å². The molecule has 1 aromatic carbocycles. The van der Waals surface area contributed by atoms with Gasteiger partial charge in [-0.05, 0) is 17.9 Å². The van der Waals surface area contributed by atoms with Crippen LogP contribution in [0.1, 0.15) is 36.3 Å². The lowest BCUT2D eigenvalue weighted by atomic mass is 10.0. The summed E-state index contributed by atoms with van der Waals surface area (Å²) < 4.78 is 4.84. The summed E-state index contributed by atoms with van der Waals surface area (Å²) in [6.45, 7) is 3.88. The van der Waals surface area contributed by atoms with Gasteiger partial charge < -0.3 is 15.4 Å². The first-order valence-corrected chi connectivity index (χ1v) is 9.39. The zero-order chi connectivity index (χ0) is 21.2. The first kappa shape index (κ1) is 22.0. The Labute approximate surface area is 170 Å². The van der Waals surface area contributed by atoms with Crippen molar-refractivity contribution in [2.75, 3.05) is 7.11 Å². The highest BCUT2D eigenvalue weighted by molar-refractivity contribution is 5.96. The van der Waals surface area contributed by atoms with Crippen molar-refractivity contribution in [3.63, 3.8) is 0 Å². The van der Waals surface area contributed by atoms with Crippen LogP contribution < -0.4 is 10.6 Å². The van der Waals surface area contributed by atoms with Crippen LogP contribution in [0.25, 0.3) is 0 Å². The van der Waals surface area contributed by atoms with Gasteiger partial charge >= 0.3 is 5.97 Å². The average Bonchev–Trinajstić information content (AvgIpc) is 2.73. The Kier molecular flexibility index (Phi) is 8.27. The van der Waals surface area contributed by atoms with E-state index < -0.39 is 29.9 Å². The lowest BCUT2D eigenvalue weighted by molar-refractivity contribution is -0.145. The number of rotatable bonds is 9. The van der Waals surface area contributed by atoms with Crippen LogP contribution in [0.2, 0.25) is 0 Å².